The minimum atomic E-state index is 0.00407. The summed E-state index contributed by atoms with van der Waals surface area (Å²) >= 11 is 5.98. The van der Waals surface area contributed by atoms with Crippen LogP contribution in [-0.4, -0.2) is 18.3 Å². The lowest BCUT2D eigenvalue weighted by molar-refractivity contribution is 0.264. The number of aliphatic hydroxyl groups is 1. The second-order valence-corrected chi connectivity index (χ2v) is 4.82. The summed E-state index contributed by atoms with van der Waals surface area (Å²) in [5.74, 6) is 0.322. The molecular weight excluding hydrogens is 210 g/mol. The van der Waals surface area contributed by atoms with Crippen LogP contribution in [0.25, 0.3) is 0 Å². The Morgan fingerprint density at radius 2 is 2.33 bits per heavy atom. The molecule has 1 fully saturated rings. The number of rotatable bonds is 3. The molecule has 0 aromatic heterocycles. The molecule has 0 bridgehead atoms. The van der Waals surface area contributed by atoms with Crippen molar-refractivity contribution in [1.29, 1.82) is 0 Å². The third kappa shape index (κ3) is 1.67. The van der Waals surface area contributed by atoms with E-state index in [4.69, 9.17) is 17.3 Å². The maximum Gasteiger partial charge on any atom is 0.0468 e. The largest absolute Gasteiger partial charge is 0.396 e. The summed E-state index contributed by atoms with van der Waals surface area (Å²) in [6, 6.07) is 6.03. The van der Waals surface area contributed by atoms with Crippen LogP contribution >= 0.6 is 11.6 Å². The van der Waals surface area contributed by atoms with Crippen molar-refractivity contribution in [3.05, 3.63) is 34.3 Å². The second kappa shape index (κ2) is 3.78. The van der Waals surface area contributed by atoms with Gasteiger partial charge in [0.1, 0.15) is 0 Å². The average molecular weight is 226 g/mol. The van der Waals surface area contributed by atoms with Crippen LogP contribution in [0.5, 0.6) is 0 Å². The number of hydrogen-bond acceptors (Lipinski definition) is 2. The molecule has 2 nitrogen and oxygen atoms in total. The summed E-state index contributed by atoms with van der Waals surface area (Å²) < 4.78 is 0. The zero-order chi connectivity index (χ0) is 11.1. The summed E-state index contributed by atoms with van der Waals surface area (Å²) in [6.45, 7) is 2.81. The van der Waals surface area contributed by atoms with Crippen LogP contribution < -0.4 is 5.73 Å². The van der Waals surface area contributed by atoms with Gasteiger partial charge in [-0.3, -0.25) is 0 Å². The minimum Gasteiger partial charge on any atom is -0.396 e. The van der Waals surface area contributed by atoms with E-state index in [9.17, 15) is 5.11 Å². The summed E-state index contributed by atoms with van der Waals surface area (Å²) in [7, 11) is 0. The van der Waals surface area contributed by atoms with Gasteiger partial charge in [-0.25, -0.2) is 0 Å². The summed E-state index contributed by atoms with van der Waals surface area (Å²) in [5, 5.41) is 9.96. The highest BCUT2D eigenvalue weighted by molar-refractivity contribution is 6.31. The van der Waals surface area contributed by atoms with E-state index in [1.807, 2.05) is 19.1 Å². The zero-order valence-electron chi connectivity index (χ0n) is 8.83. The number of hydrogen-bond donors (Lipinski definition) is 2. The number of benzene rings is 1. The molecule has 1 saturated carbocycles. The van der Waals surface area contributed by atoms with Crippen LogP contribution in [0.15, 0.2) is 18.2 Å². The fourth-order valence-corrected chi connectivity index (χ4v) is 2.41. The Morgan fingerprint density at radius 3 is 2.80 bits per heavy atom. The molecule has 15 heavy (non-hydrogen) atoms. The topological polar surface area (TPSA) is 46.2 Å². The third-order valence-electron chi connectivity index (χ3n) is 3.55. The summed E-state index contributed by atoms with van der Waals surface area (Å²) in [4.78, 5) is 0. The lowest BCUT2D eigenvalue weighted by Gasteiger charge is -2.16. The van der Waals surface area contributed by atoms with Crippen LogP contribution in [0.2, 0.25) is 5.02 Å². The molecule has 2 rings (SSSR count). The summed E-state index contributed by atoms with van der Waals surface area (Å²) in [5.41, 5.74) is 8.10. The number of aryl methyl sites for hydroxylation is 1. The number of halogens is 1. The molecule has 0 radical (unpaired) electrons. The maximum absolute atomic E-state index is 9.18. The van der Waals surface area contributed by atoms with Crippen LogP contribution in [0.3, 0.4) is 0 Å². The Bertz CT molecular complexity index is 380. The Labute approximate surface area is 95.1 Å². The van der Waals surface area contributed by atoms with Crippen LogP contribution in [0, 0.1) is 12.8 Å². The molecular formula is C12H16ClNO. The van der Waals surface area contributed by atoms with Crippen molar-refractivity contribution in [3.63, 3.8) is 0 Å². The molecule has 0 unspecified atom stereocenters. The fraction of sp³-hybridized carbons (Fsp3) is 0.500. The van der Waals surface area contributed by atoms with E-state index in [1.54, 1.807) is 0 Å². The lowest BCUT2D eigenvalue weighted by Crippen LogP contribution is -2.23. The van der Waals surface area contributed by atoms with Gasteiger partial charge >= 0.3 is 0 Å². The fourth-order valence-electron chi connectivity index (χ4n) is 2.30. The van der Waals surface area contributed by atoms with Gasteiger partial charge in [0, 0.05) is 23.6 Å². The Balaban J connectivity index is 2.33. The van der Waals surface area contributed by atoms with Gasteiger partial charge in [0.15, 0.2) is 0 Å². The zero-order valence-corrected chi connectivity index (χ0v) is 9.59. The first-order valence-corrected chi connectivity index (χ1v) is 5.59. The Morgan fingerprint density at radius 1 is 1.60 bits per heavy atom. The van der Waals surface area contributed by atoms with Crippen molar-refractivity contribution in [2.24, 2.45) is 11.7 Å². The van der Waals surface area contributed by atoms with Crippen LogP contribution in [0.1, 0.15) is 17.5 Å². The van der Waals surface area contributed by atoms with Gasteiger partial charge in [-0.15, -0.1) is 0 Å². The van der Waals surface area contributed by atoms with E-state index >= 15 is 0 Å². The Hall–Kier alpha value is -0.570. The van der Waals surface area contributed by atoms with Crippen LogP contribution in [-0.2, 0) is 5.41 Å². The quantitative estimate of drug-likeness (QED) is 0.825. The molecule has 1 aliphatic carbocycles. The highest BCUT2D eigenvalue weighted by atomic mass is 35.5. The first kappa shape index (κ1) is 10.9. The van der Waals surface area contributed by atoms with Gasteiger partial charge in [-0.05, 0) is 36.5 Å². The molecule has 82 valence electrons. The molecule has 0 saturated heterocycles. The molecule has 0 heterocycles. The number of aliphatic hydroxyl groups excluding tert-OH is 1. The second-order valence-electron chi connectivity index (χ2n) is 4.41. The van der Waals surface area contributed by atoms with Gasteiger partial charge in [0.05, 0.1) is 0 Å². The van der Waals surface area contributed by atoms with Crippen LogP contribution in [0.4, 0.5) is 0 Å². The lowest BCUT2D eigenvalue weighted by atomic mass is 9.92. The van der Waals surface area contributed by atoms with Gasteiger partial charge in [0.2, 0.25) is 0 Å². The SMILES string of the molecule is Cc1cc([C@]2(CN)C[C@H]2CO)ccc1Cl. The first-order chi connectivity index (χ1) is 7.14. The highest BCUT2D eigenvalue weighted by Gasteiger charge is 2.53. The van der Waals surface area contributed by atoms with Gasteiger partial charge < -0.3 is 10.8 Å². The van der Waals surface area contributed by atoms with Crippen molar-refractivity contribution in [3.8, 4) is 0 Å². The number of nitrogens with two attached hydrogens (primary N) is 1. The molecule has 3 heteroatoms. The maximum atomic E-state index is 9.18. The summed E-state index contributed by atoms with van der Waals surface area (Å²) in [6.07, 6.45) is 0.987. The van der Waals surface area contributed by atoms with Crippen molar-refractivity contribution in [2.75, 3.05) is 13.2 Å². The first-order valence-electron chi connectivity index (χ1n) is 5.21. The van der Waals surface area contributed by atoms with Gasteiger partial charge in [-0.2, -0.15) is 0 Å². The van der Waals surface area contributed by atoms with E-state index in [0.29, 0.717) is 12.5 Å². The molecule has 0 spiro atoms. The molecule has 1 aromatic rings. The van der Waals surface area contributed by atoms with Crippen molar-refractivity contribution < 1.29 is 5.11 Å². The van der Waals surface area contributed by atoms with E-state index in [2.05, 4.69) is 6.07 Å². The van der Waals surface area contributed by atoms with E-state index < -0.39 is 0 Å². The van der Waals surface area contributed by atoms with E-state index in [0.717, 1.165) is 17.0 Å². The van der Waals surface area contributed by atoms with Gasteiger partial charge in [-0.1, -0.05) is 23.7 Å². The molecule has 3 N–H and O–H groups in total. The molecule has 0 aliphatic heterocycles. The molecule has 0 amide bonds. The van der Waals surface area contributed by atoms with E-state index in [-0.39, 0.29) is 12.0 Å². The molecule has 2 atom stereocenters. The third-order valence-corrected chi connectivity index (χ3v) is 3.97. The average Bonchev–Trinajstić information content (AvgIpc) is 2.97. The normalized spacial score (nSPS) is 29.2. The van der Waals surface area contributed by atoms with E-state index in [1.165, 1.54) is 5.56 Å². The monoisotopic (exact) mass is 225 g/mol. The highest BCUT2D eigenvalue weighted by Crippen LogP contribution is 2.53. The van der Waals surface area contributed by atoms with Gasteiger partial charge in [0.25, 0.3) is 0 Å². The van der Waals surface area contributed by atoms with Crippen molar-refractivity contribution >= 4 is 11.6 Å². The predicted octanol–water partition coefficient (Wildman–Crippen LogP) is 1.86. The predicted molar refractivity (Wildman–Crippen MR) is 62.1 cm³/mol. The smallest absolute Gasteiger partial charge is 0.0468 e. The standard InChI is InChI=1S/C12H16ClNO/c1-8-4-9(2-3-11(8)13)12(7-14)5-10(12)6-15/h2-4,10,15H,5-7,14H2,1H3/t10-,12+/m0/s1. The molecule has 1 aromatic carbocycles. The molecule has 1 aliphatic rings. The Kier molecular flexibility index (Phi) is 2.75. The van der Waals surface area contributed by atoms with Crippen molar-refractivity contribution in [2.45, 2.75) is 18.8 Å². The van der Waals surface area contributed by atoms with Crippen molar-refractivity contribution in [1.82, 2.24) is 0 Å². The minimum absolute atomic E-state index is 0.00407.